The van der Waals surface area contributed by atoms with E-state index in [1.54, 1.807) is 18.2 Å². The molecule has 0 aliphatic heterocycles. The van der Waals surface area contributed by atoms with Crippen molar-refractivity contribution in [3.8, 4) is 0 Å². The quantitative estimate of drug-likeness (QED) is 0.379. The van der Waals surface area contributed by atoms with Gasteiger partial charge in [-0.2, -0.15) is 0 Å². The van der Waals surface area contributed by atoms with Crippen LogP contribution in [0.4, 0.5) is 0 Å². The lowest BCUT2D eigenvalue weighted by atomic mass is 9.93. The third kappa shape index (κ3) is 10.1. The van der Waals surface area contributed by atoms with Crippen molar-refractivity contribution in [1.82, 2.24) is 0 Å². The highest BCUT2D eigenvalue weighted by Gasteiger charge is 2.04. The summed E-state index contributed by atoms with van der Waals surface area (Å²) in [5.74, 6) is 1.02. The number of hydrogen-bond acceptors (Lipinski definition) is 1. The van der Waals surface area contributed by atoms with E-state index < -0.39 is 0 Å². The van der Waals surface area contributed by atoms with E-state index in [0.29, 0.717) is 5.57 Å². The lowest BCUT2D eigenvalue weighted by Crippen LogP contribution is -1.97. The van der Waals surface area contributed by atoms with Crippen molar-refractivity contribution < 1.29 is 4.79 Å². The van der Waals surface area contributed by atoms with Gasteiger partial charge in [0.2, 0.25) is 0 Å². The molecule has 0 aromatic carbocycles. The van der Waals surface area contributed by atoms with Crippen LogP contribution in [0.25, 0.3) is 0 Å². The van der Waals surface area contributed by atoms with Gasteiger partial charge in [0.1, 0.15) is 6.29 Å². The van der Waals surface area contributed by atoms with E-state index in [2.05, 4.69) is 13.5 Å². The first-order valence-corrected chi connectivity index (χ1v) is 7.15. The smallest absolute Gasteiger partial charge is 0.150 e. The Bertz CT molecular complexity index is 265. The van der Waals surface area contributed by atoms with Gasteiger partial charge in [-0.1, -0.05) is 82.8 Å². The second-order valence-corrected chi connectivity index (χ2v) is 4.97. The molecule has 102 valence electrons. The molecule has 0 heterocycles. The molecule has 0 aromatic heterocycles. The molecule has 0 spiro atoms. The van der Waals surface area contributed by atoms with Gasteiger partial charge in [0.25, 0.3) is 0 Å². The topological polar surface area (TPSA) is 17.1 Å². The molecule has 1 heteroatoms. The zero-order valence-electron chi connectivity index (χ0n) is 12.0. The zero-order chi connectivity index (χ0) is 13.6. The molecule has 1 saturated carbocycles. The molecule has 18 heavy (non-hydrogen) atoms. The summed E-state index contributed by atoms with van der Waals surface area (Å²) in [7, 11) is 0. The number of hydrogen-bond donors (Lipinski definition) is 0. The molecular formula is C17H28O. The van der Waals surface area contributed by atoms with Gasteiger partial charge in [0.15, 0.2) is 0 Å². The lowest BCUT2D eigenvalue weighted by molar-refractivity contribution is -0.104. The van der Waals surface area contributed by atoms with Crippen LogP contribution in [0, 0.1) is 5.92 Å². The van der Waals surface area contributed by atoms with Crippen molar-refractivity contribution >= 4 is 6.29 Å². The fourth-order valence-electron chi connectivity index (χ4n) is 2.12. The average molecular weight is 248 g/mol. The van der Waals surface area contributed by atoms with E-state index in [1.807, 2.05) is 13.0 Å². The van der Waals surface area contributed by atoms with Crippen LogP contribution in [0.1, 0.15) is 58.8 Å². The molecule has 0 unspecified atom stereocenters. The normalized spacial score (nSPS) is 18.4. The molecule has 0 aromatic rings. The van der Waals surface area contributed by atoms with Crippen LogP contribution in [0.15, 0.2) is 36.5 Å². The Morgan fingerprint density at radius 2 is 1.67 bits per heavy atom. The molecule has 0 atom stereocenters. The molecule has 0 saturated heterocycles. The third-order valence-corrected chi connectivity index (χ3v) is 3.20. The molecule has 1 nitrogen and oxygen atoms in total. The van der Waals surface area contributed by atoms with Crippen LogP contribution in [0.2, 0.25) is 0 Å². The minimum atomic E-state index is 0.646. The first-order valence-electron chi connectivity index (χ1n) is 7.15. The highest BCUT2D eigenvalue weighted by Crippen LogP contribution is 2.20. The fraction of sp³-hybridized carbons (Fsp3) is 0.588. The van der Waals surface area contributed by atoms with Crippen molar-refractivity contribution in [3.63, 3.8) is 0 Å². The summed E-state index contributed by atoms with van der Waals surface area (Å²) < 4.78 is 0. The Morgan fingerprint density at radius 1 is 1.11 bits per heavy atom. The van der Waals surface area contributed by atoms with Gasteiger partial charge in [0.05, 0.1) is 0 Å². The maximum atomic E-state index is 10.1. The Hall–Kier alpha value is -1.11. The van der Waals surface area contributed by atoms with Crippen molar-refractivity contribution in [2.24, 2.45) is 5.92 Å². The first-order chi connectivity index (χ1) is 8.74. The summed E-state index contributed by atoms with van der Waals surface area (Å²) in [5.41, 5.74) is 0.646. The molecule has 0 N–H and O–H groups in total. The van der Waals surface area contributed by atoms with Crippen LogP contribution in [-0.2, 0) is 4.79 Å². The predicted molar refractivity (Wildman–Crippen MR) is 80.6 cm³/mol. The fourth-order valence-corrected chi connectivity index (χ4v) is 2.12. The highest BCUT2D eigenvalue weighted by atomic mass is 16.1. The van der Waals surface area contributed by atoms with Gasteiger partial charge >= 0.3 is 0 Å². The number of rotatable bonds is 3. The number of carbonyl (C=O) groups excluding carboxylic acids is 1. The summed E-state index contributed by atoms with van der Waals surface area (Å²) in [4.78, 5) is 10.1. The Morgan fingerprint density at radius 3 is 2.11 bits per heavy atom. The summed E-state index contributed by atoms with van der Waals surface area (Å²) in [5, 5.41) is 0. The summed E-state index contributed by atoms with van der Waals surface area (Å²) in [6, 6.07) is 0. The van der Waals surface area contributed by atoms with E-state index >= 15 is 0 Å². The third-order valence-electron chi connectivity index (χ3n) is 3.20. The van der Waals surface area contributed by atoms with Crippen LogP contribution >= 0.6 is 0 Å². The monoisotopic (exact) mass is 248 g/mol. The largest absolute Gasteiger partial charge is 0.298 e. The van der Waals surface area contributed by atoms with E-state index in [-0.39, 0.29) is 0 Å². The van der Waals surface area contributed by atoms with Crippen LogP contribution in [-0.4, -0.2) is 6.29 Å². The Labute approximate surface area is 113 Å². The van der Waals surface area contributed by atoms with E-state index in [1.165, 1.54) is 44.9 Å². The summed E-state index contributed by atoms with van der Waals surface area (Å²) >= 11 is 0. The number of aldehydes is 1. The second-order valence-electron chi connectivity index (χ2n) is 4.97. The highest BCUT2D eigenvalue weighted by molar-refractivity contribution is 5.77. The minimum Gasteiger partial charge on any atom is -0.298 e. The van der Waals surface area contributed by atoms with Crippen molar-refractivity contribution in [2.75, 3.05) is 0 Å². The second kappa shape index (κ2) is 12.3. The average Bonchev–Trinajstić information content (AvgIpc) is 2.34. The molecular weight excluding hydrogens is 220 g/mol. The van der Waals surface area contributed by atoms with Crippen LogP contribution in [0.3, 0.4) is 0 Å². The first kappa shape index (κ1) is 16.9. The summed E-state index contributed by atoms with van der Waals surface area (Å²) in [6.07, 6.45) is 18.0. The standard InChI is InChI=1S/C9H18.C8H10O/c1-9-7-5-3-2-4-6-8-9;1-3-5-8(7-9)6-4-2/h9H,2-8H2,1H3;3-7H,1H2,2H3/b;6-4-,8-5+. The number of allylic oxidation sites excluding steroid dienone is 5. The van der Waals surface area contributed by atoms with Gasteiger partial charge in [-0.05, 0) is 12.8 Å². The van der Waals surface area contributed by atoms with Gasteiger partial charge in [-0.25, -0.2) is 0 Å². The summed E-state index contributed by atoms with van der Waals surface area (Å²) in [6.45, 7) is 7.72. The van der Waals surface area contributed by atoms with Crippen molar-refractivity contribution in [3.05, 3.63) is 36.5 Å². The Kier molecular flexibility index (Phi) is 11.6. The number of carbonyl (C=O) groups is 1. The van der Waals surface area contributed by atoms with Gasteiger partial charge in [-0.15, -0.1) is 0 Å². The van der Waals surface area contributed by atoms with Crippen molar-refractivity contribution in [2.45, 2.75) is 58.8 Å². The lowest BCUT2D eigenvalue weighted by Gasteiger charge is -2.13. The molecule has 0 radical (unpaired) electrons. The molecule has 1 fully saturated rings. The zero-order valence-corrected chi connectivity index (χ0v) is 12.0. The molecule has 1 aliphatic carbocycles. The van der Waals surface area contributed by atoms with E-state index in [9.17, 15) is 4.79 Å². The maximum absolute atomic E-state index is 10.1. The predicted octanol–water partition coefficient (Wildman–Crippen LogP) is 5.24. The van der Waals surface area contributed by atoms with E-state index in [4.69, 9.17) is 0 Å². The minimum absolute atomic E-state index is 0.646. The maximum Gasteiger partial charge on any atom is 0.150 e. The molecule has 1 aliphatic rings. The van der Waals surface area contributed by atoms with Crippen molar-refractivity contribution in [1.29, 1.82) is 0 Å². The van der Waals surface area contributed by atoms with Crippen LogP contribution < -0.4 is 0 Å². The molecule has 0 amide bonds. The van der Waals surface area contributed by atoms with Gasteiger partial charge in [0, 0.05) is 5.57 Å². The SMILES string of the molecule is C=C/C=C(C=O)\C=C/C.CC1CCCCCCC1. The Balaban J connectivity index is 0.000000321. The van der Waals surface area contributed by atoms with E-state index in [0.717, 1.165) is 12.2 Å². The van der Waals surface area contributed by atoms with Crippen LogP contribution in [0.5, 0.6) is 0 Å². The van der Waals surface area contributed by atoms with Gasteiger partial charge < -0.3 is 0 Å². The van der Waals surface area contributed by atoms with Gasteiger partial charge in [-0.3, -0.25) is 4.79 Å². The molecule has 0 bridgehead atoms. The molecule has 1 rings (SSSR count).